The minimum atomic E-state index is -0.0525. The Morgan fingerprint density at radius 3 is 2.41 bits per heavy atom. The highest BCUT2D eigenvalue weighted by Gasteiger charge is 2.06. The molecule has 0 spiro atoms. The summed E-state index contributed by atoms with van der Waals surface area (Å²) >= 11 is 0. The van der Waals surface area contributed by atoms with Crippen molar-refractivity contribution in [3.8, 4) is 0 Å². The van der Waals surface area contributed by atoms with Crippen LogP contribution in [0.1, 0.15) is 37.6 Å². The van der Waals surface area contributed by atoms with Crippen LogP contribution in [0.25, 0.3) is 12.2 Å². The molecule has 0 saturated heterocycles. The monoisotopic (exact) mass is 295 g/mol. The molecule has 1 aromatic carbocycles. The molecule has 0 radical (unpaired) electrons. The van der Waals surface area contributed by atoms with Crippen molar-refractivity contribution in [1.82, 2.24) is 0 Å². The number of rotatable bonds is 5. The Bertz CT molecular complexity index is 672. The zero-order valence-corrected chi connectivity index (χ0v) is 13.5. The van der Waals surface area contributed by atoms with Crippen LogP contribution in [0.2, 0.25) is 0 Å². The molecule has 114 valence electrons. The fourth-order valence-electron chi connectivity index (χ4n) is 2.30. The van der Waals surface area contributed by atoms with Crippen LogP contribution in [0.4, 0.5) is 5.69 Å². The minimum Gasteiger partial charge on any atom is -0.326 e. The van der Waals surface area contributed by atoms with E-state index in [1.807, 2.05) is 24.3 Å². The van der Waals surface area contributed by atoms with E-state index in [4.69, 9.17) is 0 Å². The fraction of sp³-hybridized carbons (Fsp3) is 0.263. The number of aryl methyl sites for hydroxylation is 2. The third-order valence-electron chi connectivity index (χ3n) is 3.55. The molecule has 0 aliphatic heterocycles. The van der Waals surface area contributed by atoms with Gasteiger partial charge in [-0.15, -0.1) is 0 Å². The van der Waals surface area contributed by atoms with Gasteiger partial charge in [0.15, 0.2) is 6.20 Å². The smallest absolute Gasteiger partial charge is 0.221 e. The lowest BCUT2D eigenvalue weighted by Gasteiger charge is -2.02. The maximum absolute atomic E-state index is 11.0. The second-order valence-corrected chi connectivity index (χ2v) is 5.24. The van der Waals surface area contributed by atoms with Gasteiger partial charge in [0.1, 0.15) is 6.54 Å². The van der Waals surface area contributed by atoms with Gasteiger partial charge < -0.3 is 5.32 Å². The van der Waals surface area contributed by atoms with Crippen LogP contribution >= 0.6 is 0 Å². The lowest BCUT2D eigenvalue weighted by Crippen LogP contribution is -2.35. The zero-order valence-electron chi connectivity index (χ0n) is 13.5. The van der Waals surface area contributed by atoms with Crippen LogP contribution in [0, 0.1) is 0 Å². The summed E-state index contributed by atoms with van der Waals surface area (Å²) in [6.07, 6.45) is 7.47. The molecule has 0 atom stereocenters. The Balaban J connectivity index is 2.16. The highest BCUT2D eigenvalue weighted by Crippen LogP contribution is 2.12. The SMILES string of the molecule is CCc1ccc(C=Cc2ccc(NC(C)=O)cc2)[n+](CC)c1. The molecule has 0 fully saturated rings. The number of nitrogens with zero attached hydrogens (tertiary/aromatic N) is 1. The molecule has 3 heteroatoms. The van der Waals surface area contributed by atoms with Crippen LogP contribution in [-0.2, 0) is 17.8 Å². The summed E-state index contributed by atoms with van der Waals surface area (Å²) in [4.78, 5) is 11.0. The molecule has 0 bridgehead atoms. The van der Waals surface area contributed by atoms with Gasteiger partial charge in [0.25, 0.3) is 0 Å². The third-order valence-corrected chi connectivity index (χ3v) is 3.55. The standard InChI is InChI=1S/C19H22N2O/c1-4-16-8-12-19(21(5-2)14-16)13-9-17-6-10-18(11-7-17)20-15(3)22/h6-14H,4-5H2,1-3H3/p+1. The molecule has 0 saturated carbocycles. The lowest BCUT2D eigenvalue weighted by molar-refractivity contribution is -0.695. The molecule has 22 heavy (non-hydrogen) atoms. The molecule has 0 aliphatic rings. The van der Waals surface area contributed by atoms with Gasteiger partial charge in [-0.1, -0.05) is 19.1 Å². The van der Waals surface area contributed by atoms with Crippen molar-refractivity contribution in [3.63, 3.8) is 0 Å². The molecular formula is C19H23N2O+. The van der Waals surface area contributed by atoms with Crippen LogP contribution in [-0.4, -0.2) is 5.91 Å². The van der Waals surface area contributed by atoms with Crippen molar-refractivity contribution in [1.29, 1.82) is 0 Å². The Hall–Kier alpha value is -2.42. The van der Waals surface area contributed by atoms with Gasteiger partial charge in [0.2, 0.25) is 11.6 Å². The highest BCUT2D eigenvalue weighted by atomic mass is 16.1. The number of pyridine rings is 1. The number of nitrogens with one attached hydrogen (secondary N) is 1. The molecule has 2 rings (SSSR count). The maximum atomic E-state index is 11.0. The van der Waals surface area contributed by atoms with E-state index in [9.17, 15) is 4.79 Å². The Morgan fingerprint density at radius 2 is 1.82 bits per heavy atom. The van der Waals surface area contributed by atoms with Gasteiger partial charge >= 0.3 is 0 Å². The average molecular weight is 295 g/mol. The minimum absolute atomic E-state index is 0.0525. The molecule has 3 nitrogen and oxygen atoms in total. The van der Waals surface area contributed by atoms with Gasteiger partial charge in [-0.3, -0.25) is 4.79 Å². The van der Waals surface area contributed by atoms with Crippen LogP contribution in [0.3, 0.4) is 0 Å². The topological polar surface area (TPSA) is 33.0 Å². The number of carbonyl (C=O) groups excluding carboxylic acids is 1. The van der Waals surface area contributed by atoms with Crippen LogP contribution in [0.15, 0.2) is 42.6 Å². The van der Waals surface area contributed by atoms with Crippen LogP contribution in [0.5, 0.6) is 0 Å². The summed E-state index contributed by atoms with van der Waals surface area (Å²) in [5.41, 5.74) is 4.46. The van der Waals surface area contributed by atoms with E-state index in [-0.39, 0.29) is 5.91 Å². The predicted molar refractivity (Wildman–Crippen MR) is 91.4 cm³/mol. The summed E-state index contributed by atoms with van der Waals surface area (Å²) in [5.74, 6) is -0.0525. The zero-order chi connectivity index (χ0) is 15.9. The number of aromatic nitrogens is 1. The van der Waals surface area contributed by atoms with Gasteiger partial charge in [-0.25, -0.2) is 0 Å². The summed E-state index contributed by atoms with van der Waals surface area (Å²) in [7, 11) is 0. The van der Waals surface area contributed by atoms with Crippen molar-refractivity contribution in [2.75, 3.05) is 5.32 Å². The number of amides is 1. The normalized spacial score (nSPS) is 10.9. The van der Waals surface area contributed by atoms with Gasteiger partial charge in [-0.2, -0.15) is 4.57 Å². The summed E-state index contributed by atoms with van der Waals surface area (Å²) in [5, 5.41) is 2.77. The first-order chi connectivity index (χ1) is 10.6. The van der Waals surface area contributed by atoms with E-state index in [1.165, 1.54) is 18.2 Å². The van der Waals surface area contributed by atoms with E-state index < -0.39 is 0 Å². The highest BCUT2D eigenvalue weighted by molar-refractivity contribution is 5.88. The molecule has 0 unspecified atom stereocenters. The number of hydrogen-bond acceptors (Lipinski definition) is 1. The van der Waals surface area contributed by atoms with E-state index in [2.05, 4.69) is 54.2 Å². The molecular weight excluding hydrogens is 272 g/mol. The van der Waals surface area contributed by atoms with Crippen molar-refractivity contribution in [2.45, 2.75) is 33.7 Å². The van der Waals surface area contributed by atoms with Gasteiger partial charge in [0, 0.05) is 30.3 Å². The van der Waals surface area contributed by atoms with E-state index in [0.717, 1.165) is 24.2 Å². The fourth-order valence-corrected chi connectivity index (χ4v) is 2.30. The first-order valence-corrected chi connectivity index (χ1v) is 7.70. The Labute approximate surface area is 132 Å². The molecule has 1 amide bonds. The molecule has 1 heterocycles. The molecule has 1 N–H and O–H groups in total. The number of benzene rings is 1. The molecule has 1 aromatic heterocycles. The quantitative estimate of drug-likeness (QED) is 0.839. The summed E-state index contributed by atoms with van der Waals surface area (Å²) in [6, 6.07) is 12.2. The van der Waals surface area contributed by atoms with Crippen molar-refractivity contribution >= 4 is 23.7 Å². The Morgan fingerprint density at radius 1 is 1.09 bits per heavy atom. The average Bonchev–Trinajstić information content (AvgIpc) is 2.53. The lowest BCUT2D eigenvalue weighted by atomic mass is 10.1. The van der Waals surface area contributed by atoms with Gasteiger partial charge in [-0.05, 0) is 43.2 Å². The second kappa shape index (κ2) is 7.55. The van der Waals surface area contributed by atoms with Crippen molar-refractivity contribution in [2.24, 2.45) is 0 Å². The van der Waals surface area contributed by atoms with Crippen LogP contribution < -0.4 is 9.88 Å². The second-order valence-electron chi connectivity index (χ2n) is 5.24. The largest absolute Gasteiger partial charge is 0.326 e. The van der Waals surface area contributed by atoms with Gasteiger partial charge in [0.05, 0.1) is 0 Å². The first-order valence-electron chi connectivity index (χ1n) is 7.70. The summed E-state index contributed by atoms with van der Waals surface area (Å²) in [6.45, 7) is 6.78. The number of anilines is 1. The summed E-state index contributed by atoms with van der Waals surface area (Å²) < 4.78 is 2.25. The maximum Gasteiger partial charge on any atom is 0.221 e. The number of hydrogen-bond donors (Lipinski definition) is 1. The molecule has 0 aliphatic carbocycles. The Kier molecular flexibility index (Phi) is 5.48. The van der Waals surface area contributed by atoms with E-state index in [0.29, 0.717) is 0 Å². The van der Waals surface area contributed by atoms with E-state index >= 15 is 0 Å². The third kappa shape index (κ3) is 4.29. The molecule has 2 aromatic rings. The predicted octanol–water partition coefficient (Wildman–Crippen LogP) is 3.69. The number of carbonyl (C=O) groups is 1. The van der Waals surface area contributed by atoms with E-state index in [1.54, 1.807) is 0 Å². The first kappa shape index (κ1) is 16.0. The van der Waals surface area contributed by atoms with Crippen molar-refractivity contribution < 1.29 is 9.36 Å². The van der Waals surface area contributed by atoms with Crippen molar-refractivity contribution in [3.05, 3.63) is 59.4 Å².